The van der Waals surface area contributed by atoms with Gasteiger partial charge in [0.2, 0.25) is 0 Å². The lowest BCUT2D eigenvalue weighted by Gasteiger charge is -2.16. The van der Waals surface area contributed by atoms with Crippen LogP contribution >= 0.6 is 11.3 Å². The van der Waals surface area contributed by atoms with E-state index >= 15 is 0 Å². The maximum absolute atomic E-state index is 12.6. The van der Waals surface area contributed by atoms with Crippen molar-refractivity contribution in [2.75, 3.05) is 18.5 Å². The zero-order valence-electron chi connectivity index (χ0n) is 13.8. The highest BCUT2D eigenvalue weighted by molar-refractivity contribution is 7.14. The molecule has 1 aliphatic heterocycles. The van der Waals surface area contributed by atoms with Gasteiger partial charge in [0, 0.05) is 23.1 Å². The Bertz CT molecular complexity index is 768. The lowest BCUT2D eigenvalue weighted by molar-refractivity contribution is 0.103. The van der Waals surface area contributed by atoms with Crippen molar-refractivity contribution in [1.82, 2.24) is 0 Å². The summed E-state index contributed by atoms with van der Waals surface area (Å²) in [7, 11) is 0. The van der Waals surface area contributed by atoms with Crippen molar-refractivity contribution >= 4 is 22.9 Å². The molecule has 2 heterocycles. The van der Waals surface area contributed by atoms with Crippen LogP contribution in [-0.4, -0.2) is 19.1 Å². The van der Waals surface area contributed by atoms with E-state index in [9.17, 15) is 4.79 Å². The number of nitrogens with one attached hydrogen (secondary N) is 1. The zero-order chi connectivity index (χ0) is 16.5. The van der Waals surface area contributed by atoms with Crippen molar-refractivity contribution in [3.05, 3.63) is 39.6 Å². The number of benzene rings is 1. The van der Waals surface area contributed by atoms with Gasteiger partial charge in [0.15, 0.2) is 11.5 Å². The number of anilines is 1. The third kappa shape index (κ3) is 3.13. The van der Waals surface area contributed by atoms with Crippen molar-refractivity contribution in [1.29, 1.82) is 0 Å². The van der Waals surface area contributed by atoms with Crippen LogP contribution in [0.3, 0.4) is 0 Å². The molecule has 0 fully saturated rings. The second-order valence-corrected chi connectivity index (χ2v) is 7.71. The highest BCUT2D eigenvalue weighted by Crippen LogP contribution is 2.34. The molecule has 1 N–H and O–H groups in total. The summed E-state index contributed by atoms with van der Waals surface area (Å²) in [6, 6.07) is 7.63. The van der Waals surface area contributed by atoms with Gasteiger partial charge in [-0.15, -0.1) is 11.3 Å². The second kappa shape index (κ2) is 6.48. The minimum Gasteiger partial charge on any atom is -0.490 e. The summed E-state index contributed by atoms with van der Waals surface area (Å²) in [4.78, 5) is 14.7. The number of hydrogen-bond acceptors (Lipinski definition) is 4. The number of ether oxygens (including phenoxy) is 2. The largest absolute Gasteiger partial charge is 0.490 e. The molecule has 0 spiro atoms. The van der Waals surface area contributed by atoms with Gasteiger partial charge in [0.25, 0.3) is 5.91 Å². The average molecular weight is 343 g/mol. The number of carbonyl (C=O) groups is 1. The molecule has 4 nitrogen and oxygen atoms in total. The molecule has 2 aliphatic rings. The lowest BCUT2D eigenvalue weighted by Crippen LogP contribution is -2.10. The number of amides is 1. The minimum absolute atomic E-state index is 0.0449. The first-order valence-corrected chi connectivity index (χ1v) is 9.33. The number of thiophene rings is 1. The van der Waals surface area contributed by atoms with Gasteiger partial charge < -0.3 is 14.8 Å². The van der Waals surface area contributed by atoms with E-state index in [0.717, 1.165) is 35.6 Å². The van der Waals surface area contributed by atoms with E-state index in [0.29, 0.717) is 24.9 Å². The molecule has 2 aromatic rings. The van der Waals surface area contributed by atoms with E-state index in [1.54, 1.807) is 11.3 Å². The summed E-state index contributed by atoms with van der Waals surface area (Å²) in [6.07, 6.45) is 4.27. The average Bonchev–Trinajstić information content (AvgIpc) is 2.85. The van der Waals surface area contributed by atoms with E-state index in [4.69, 9.17) is 9.47 Å². The number of aryl methyl sites for hydroxylation is 1. The molecule has 5 heteroatoms. The van der Waals surface area contributed by atoms with E-state index in [1.807, 2.05) is 18.2 Å². The number of rotatable bonds is 2. The van der Waals surface area contributed by atoms with E-state index < -0.39 is 0 Å². The third-order valence-electron chi connectivity index (χ3n) is 4.56. The molecule has 0 radical (unpaired) electrons. The topological polar surface area (TPSA) is 47.6 Å². The Morgan fingerprint density at radius 3 is 2.92 bits per heavy atom. The molecule has 1 atom stereocenters. The first-order chi connectivity index (χ1) is 11.7. The number of carbonyl (C=O) groups excluding carboxylic acids is 1. The van der Waals surface area contributed by atoms with Crippen LogP contribution < -0.4 is 14.8 Å². The van der Waals surface area contributed by atoms with Crippen LogP contribution in [0, 0.1) is 5.92 Å². The standard InChI is InChI=1S/C19H21NO3S/c1-12-3-6-17-13(9-12)10-18(24-17)19(21)20-14-4-5-15-16(11-14)23-8-2-7-22-15/h4-5,10-12H,2-3,6-9H2,1H3,(H,20,21). The molecule has 0 saturated heterocycles. The normalized spacial score (nSPS) is 19.3. The van der Waals surface area contributed by atoms with E-state index in [-0.39, 0.29) is 5.91 Å². The number of fused-ring (bicyclic) bond motifs is 2. The molecule has 1 aromatic heterocycles. The summed E-state index contributed by atoms with van der Waals surface area (Å²) in [6.45, 7) is 3.58. The monoisotopic (exact) mass is 343 g/mol. The fourth-order valence-corrected chi connectivity index (χ4v) is 4.36. The van der Waals surface area contributed by atoms with Crippen LogP contribution in [-0.2, 0) is 12.8 Å². The Kier molecular flexibility index (Phi) is 4.19. The Balaban J connectivity index is 1.51. The zero-order valence-corrected chi connectivity index (χ0v) is 14.6. The molecule has 1 aromatic carbocycles. The fraction of sp³-hybridized carbons (Fsp3) is 0.421. The molecular formula is C19H21NO3S. The summed E-state index contributed by atoms with van der Waals surface area (Å²) in [5, 5.41) is 2.99. The first kappa shape index (κ1) is 15.5. The summed E-state index contributed by atoms with van der Waals surface area (Å²) >= 11 is 1.63. The van der Waals surface area contributed by atoms with Gasteiger partial charge in [-0.05, 0) is 48.9 Å². The fourth-order valence-electron chi connectivity index (χ4n) is 3.25. The van der Waals surface area contributed by atoms with Gasteiger partial charge in [-0.1, -0.05) is 6.92 Å². The predicted molar refractivity (Wildman–Crippen MR) is 95.5 cm³/mol. The van der Waals surface area contributed by atoms with Crippen LogP contribution in [0.4, 0.5) is 5.69 Å². The van der Waals surface area contributed by atoms with Crippen molar-refractivity contribution < 1.29 is 14.3 Å². The highest BCUT2D eigenvalue weighted by atomic mass is 32.1. The SMILES string of the molecule is CC1CCc2sc(C(=O)Nc3ccc4c(c3)OCCCO4)cc2C1. The maximum atomic E-state index is 12.6. The van der Waals surface area contributed by atoms with Crippen LogP contribution in [0.1, 0.15) is 39.9 Å². The quantitative estimate of drug-likeness (QED) is 0.885. The Morgan fingerprint density at radius 1 is 1.21 bits per heavy atom. The first-order valence-electron chi connectivity index (χ1n) is 8.51. The Morgan fingerprint density at radius 2 is 2.04 bits per heavy atom. The van der Waals surface area contributed by atoms with Crippen molar-refractivity contribution in [3.8, 4) is 11.5 Å². The third-order valence-corrected chi connectivity index (χ3v) is 5.79. The van der Waals surface area contributed by atoms with Crippen LogP contribution in [0.15, 0.2) is 24.3 Å². The van der Waals surface area contributed by atoms with Gasteiger partial charge >= 0.3 is 0 Å². The highest BCUT2D eigenvalue weighted by Gasteiger charge is 2.21. The maximum Gasteiger partial charge on any atom is 0.265 e. The minimum atomic E-state index is -0.0449. The molecule has 24 heavy (non-hydrogen) atoms. The molecular weight excluding hydrogens is 322 g/mol. The second-order valence-electron chi connectivity index (χ2n) is 6.57. The van der Waals surface area contributed by atoms with Crippen molar-refractivity contribution in [2.24, 2.45) is 5.92 Å². The van der Waals surface area contributed by atoms with Gasteiger partial charge in [-0.25, -0.2) is 0 Å². The smallest absolute Gasteiger partial charge is 0.265 e. The van der Waals surface area contributed by atoms with Crippen LogP contribution in [0.5, 0.6) is 11.5 Å². The number of hydrogen-bond donors (Lipinski definition) is 1. The molecule has 1 unspecified atom stereocenters. The molecule has 0 saturated carbocycles. The molecule has 1 amide bonds. The summed E-state index contributed by atoms with van der Waals surface area (Å²) in [5.74, 6) is 2.11. The Hall–Kier alpha value is -2.01. The van der Waals surface area contributed by atoms with Crippen LogP contribution in [0.25, 0.3) is 0 Å². The Labute approximate surface area is 145 Å². The van der Waals surface area contributed by atoms with Gasteiger partial charge in [-0.3, -0.25) is 4.79 Å². The molecule has 1 aliphatic carbocycles. The van der Waals surface area contributed by atoms with Gasteiger partial charge in [-0.2, -0.15) is 0 Å². The van der Waals surface area contributed by atoms with E-state index in [1.165, 1.54) is 16.9 Å². The summed E-state index contributed by atoms with van der Waals surface area (Å²) in [5.41, 5.74) is 2.09. The molecule has 4 rings (SSSR count). The van der Waals surface area contributed by atoms with Gasteiger partial charge in [0.1, 0.15) is 0 Å². The summed E-state index contributed by atoms with van der Waals surface area (Å²) < 4.78 is 11.3. The lowest BCUT2D eigenvalue weighted by atomic mass is 9.90. The molecule has 0 bridgehead atoms. The van der Waals surface area contributed by atoms with Crippen LogP contribution in [0.2, 0.25) is 0 Å². The van der Waals surface area contributed by atoms with Crippen molar-refractivity contribution in [2.45, 2.75) is 32.6 Å². The van der Waals surface area contributed by atoms with Crippen molar-refractivity contribution in [3.63, 3.8) is 0 Å². The molecule has 126 valence electrons. The van der Waals surface area contributed by atoms with Gasteiger partial charge in [0.05, 0.1) is 18.1 Å². The predicted octanol–water partition coefficient (Wildman–Crippen LogP) is 4.29. The van der Waals surface area contributed by atoms with E-state index in [2.05, 4.69) is 18.3 Å².